The molecule has 6 nitrogen and oxygen atoms in total. The number of aryl methyl sites for hydroxylation is 2. The number of piperidine rings is 1. The number of nitrogens with zero attached hydrogens (tertiary/aromatic N) is 2. The van der Waals surface area contributed by atoms with Gasteiger partial charge in [0.05, 0.1) is 18.8 Å². The van der Waals surface area contributed by atoms with E-state index in [1.165, 1.54) is 0 Å². The lowest BCUT2D eigenvalue weighted by Crippen LogP contribution is -2.62. The van der Waals surface area contributed by atoms with Crippen molar-refractivity contribution in [3.05, 3.63) is 29.3 Å². The van der Waals surface area contributed by atoms with Crippen molar-refractivity contribution in [2.24, 2.45) is 0 Å². The van der Waals surface area contributed by atoms with Crippen LogP contribution < -0.4 is 4.74 Å². The Hall–Kier alpha value is -2.08. The van der Waals surface area contributed by atoms with Gasteiger partial charge in [0.1, 0.15) is 5.75 Å². The average Bonchev–Trinajstić information content (AvgIpc) is 2.61. The molecule has 0 N–H and O–H groups in total. The molecule has 2 fully saturated rings. The molecule has 1 aromatic rings. The van der Waals surface area contributed by atoms with Gasteiger partial charge in [-0.25, -0.2) is 0 Å². The van der Waals surface area contributed by atoms with Crippen LogP contribution in [0.5, 0.6) is 5.75 Å². The Morgan fingerprint density at radius 2 is 2.08 bits per heavy atom. The fourth-order valence-electron chi connectivity index (χ4n) is 3.58. The molecule has 2 aliphatic heterocycles. The fourth-order valence-corrected chi connectivity index (χ4v) is 3.58. The molecule has 2 aliphatic rings. The lowest BCUT2D eigenvalue weighted by molar-refractivity contribution is -0.156. The molecule has 2 amide bonds. The molecule has 0 saturated carbocycles. The molecule has 2 unspecified atom stereocenters. The molecule has 6 heteroatoms. The Bertz CT molecular complexity index is 661. The molecule has 0 aromatic heterocycles. The number of fused-ring (bicyclic) bond motifs is 1. The number of morpholine rings is 1. The molecular weight excluding hydrogens is 320 g/mol. The summed E-state index contributed by atoms with van der Waals surface area (Å²) >= 11 is 0. The monoisotopic (exact) mass is 346 g/mol. The second-order valence-electron chi connectivity index (χ2n) is 6.88. The highest BCUT2D eigenvalue weighted by Crippen LogP contribution is 2.24. The van der Waals surface area contributed by atoms with Crippen LogP contribution in [0.25, 0.3) is 0 Å². The van der Waals surface area contributed by atoms with Crippen molar-refractivity contribution in [1.29, 1.82) is 0 Å². The summed E-state index contributed by atoms with van der Waals surface area (Å²) in [7, 11) is 0. The van der Waals surface area contributed by atoms with E-state index in [9.17, 15) is 9.59 Å². The van der Waals surface area contributed by atoms with Gasteiger partial charge in [-0.05, 0) is 37.5 Å². The van der Waals surface area contributed by atoms with Gasteiger partial charge in [0.25, 0.3) is 5.91 Å². The first-order chi connectivity index (χ1) is 12.0. The molecule has 0 radical (unpaired) electrons. The Labute approximate surface area is 148 Å². The molecule has 2 saturated heterocycles. The van der Waals surface area contributed by atoms with Crippen LogP contribution >= 0.6 is 0 Å². The van der Waals surface area contributed by atoms with Crippen LogP contribution in [-0.2, 0) is 14.3 Å². The number of amides is 2. The van der Waals surface area contributed by atoms with Gasteiger partial charge >= 0.3 is 0 Å². The predicted octanol–water partition coefficient (Wildman–Crippen LogP) is 1.53. The lowest BCUT2D eigenvalue weighted by atomic mass is 9.98. The van der Waals surface area contributed by atoms with Gasteiger partial charge in [-0.15, -0.1) is 0 Å². The van der Waals surface area contributed by atoms with Gasteiger partial charge in [-0.3, -0.25) is 9.59 Å². The highest BCUT2D eigenvalue weighted by Gasteiger charge is 2.39. The first kappa shape index (κ1) is 17.7. The summed E-state index contributed by atoms with van der Waals surface area (Å²) in [5, 5.41) is 0. The third-order valence-electron chi connectivity index (χ3n) is 5.04. The summed E-state index contributed by atoms with van der Waals surface area (Å²) in [6.45, 7) is 7.88. The zero-order chi connectivity index (χ0) is 18.0. The van der Waals surface area contributed by atoms with Gasteiger partial charge in [0, 0.05) is 26.6 Å². The van der Waals surface area contributed by atoms with Gasteiger partial charge in [0.15, 0.2) is 6.61 Å². The summed E-state index contributed by atoms with van der Waals surface area (Å²) in [5.41, 5.74) is 2.12. The van der Waals surface area contributed by atoms with E-state index >= 15 is 0 Å². The van der Waals surface area contributed by atoms with Gasteiger partial charge < -0.3 is 19.3 Å². The van der Waals surface area contributed by atoms with E-state index < -0.39 is 0 Å². The lowest BCUT2D eigenvalue weighted by Gasteiger charge is -2.46. The number of hydrogen-bond acceptors (Lipinski definition) is 4. The molecule has 0 aliphatic carbocycles. The smallest absolute Gasteiger partial charge is 0.260 e. The Morgan fingerprint density at radius 3 is 2.84 bits per heavy atom. The van der Waals surface area contributed by atoms with E-state index in [1.807, 2.05) is 36.9 Å². The van der Waals surface area contributed by atoms with E-state index in [4.69, 9.17) is 9.47 Å². The predicted molar refractivity (Wildman–Crippen MR) is 93.5 cm³/mol. The molecule has 25 heavy (non-hydrogen) atoms. The van der Waals surface area contributed by atoms with Crippen LogP contribution in [0.1, 0.15) is 24.5 Å². The number of carbonyl (C=O) groups excluding carboxylic acids is 2. The zero-order valence-corrected chi connectivity index (χ0v) is 15.2. The van der Waals surface area contributed by atoms with E-state index in [-0.39, 0.29) is 30.6 Å². The van der Waals surface area contributed by atoms with Crippen LogP contribution in [0, 0.1) is 13.8 Å². The van der Waals surface area contributed by atoms with E-state index in [0.717, 1.165) is 23.3 Å². The first-order valence-corrected chi connectivity index (χ1v) is 8.82. The van der Waals surface area contributed by atoms with Crippen LogP contribution in [0.4, 0.5) is 0 Å². The number of rotatable bonds is 3. The van der Waals surface area contributed by atoms with Crippen molar-refractivity contribution in [3.63, 3.8) is 0 Å². The van der Waals surface area contributed by atoms with Crippen LogP contribution in [0.3, 0.4) is 0 Å². The van der Waals surface area contributed by atoms with E-state index in [2.05, 4.69) is 0 Å². The topological polar surface area (TPSA) is 59.1 Å². The molecule has 0 spiro atoms. The number of likely N-dealkylation sites (tertiary alicyclic amines) is 1. The van der Waals surface area contributed by atoms with Crippen molar-refractivity contribution in [2.75, 3.05) is 32.8 Å². The van der Waals surface area contributed by atoms with Gasteiger partial charge in [-0.1, -0.05) is 12.1 Å². The minimum atomic E-state index is -0.0512. The summed E-state index contributed by atoms with van der Waals surface area (Å²) < 4.78 is 11.5. The van der Waals surface area contributed by atoms with Crippen LogP contribution in [0.15, 0.2) is 18.2 Å². The van der Waals surface area contributed by atoms with Crippen molar-refractivity contribution in [2.45, 2.75) is 39.3 Å². The van der Waals surface area contributed by atoms with Crippen molar-refractivity contribution in [3.8, 4) is 5.75 Å². The first-order valence-electron chi connectivity index (χ1n) is 8.82. The number of hydrogen-bond donors (Lipinski definition) is 0. The molecule has 1 aromatic carbocycles. The Morgan fingerprint density at radius 1 is 1.28 bits per heavy atom. The highest BCUT2D eigenvalue weighted by atomic mass is 16.5. The third-order valence-corrected chi connectivity index (χ3v) is 5.04. The molecule has 136 valence electrons. The number of benzene rings is 1. The molecule has 2 heterocycles. The van der Waals surface area contributed by atoms with Crippen LogP contribution in [-0.4, -0.2) is 66.6 Å². The maximum atomic E-state index is 12.6. The van der Waals surface area contributed by atoms with Gasteiger partial charge in [-0.2, -0.15) is 0 Å². The molecule has 0 bridgehead atoms. The summed E-state index contributed by atoms with van der Waals surface area (Å²) in [4.78, 5) is 28.0. The van der Waals surface area contributed by atoms with Crippen molar-refractivity contribution >= 4 is 11.8 Å². The zero-order valence-electron chi connectivity index (χ0n) is 15.2. The summed E-state index contributed by atoms with van der Waals surface area (Å²) in [5.74, 6) is 0.738. The number of carbonyl (C=O) groups is 2. The van der Waals surface area contributed by atoms with Gasteiger partial charge in [0.2, 0.25) is 5.91 Å². The third kappa shape index (κ3) is 3.95. The maximum absolute atomic E-state index is 12.6. The quantitative estimate of drug-likeness (QED) is 0.833. The SMILES string of the molecule is CC(=O)N1CCOC2CCN(C(=O)COc3cc(C)ccc3C)CC21. The minimum Gasteiger partial charge on any atom is -0.483 e. The molecule has 2 atom stereocenters. The molecule has 3 rings (SSSR count). The molecular formula is C19H26N2O4. The number of ether oxygens (including phenoxy) is 2. The Balaban J connectivity index is 1.61. The van der Waals surface area contributed by atoms with Crippen molar-refractivity contribution in [1.82, 2.24) is 9.80 Å². The average molecular weight is 346 g/mol. The standard InChI is InChI=1S/C19H26N2O4/c1-13-4-5-14(2)18(10-13)25-12-19(23)20-7-6-17-16(11-20)21(15(3)22)8-9-24-17/h4-5,10,16-17H,6-9,11-12H2,1-3H3. The van der Waals surface area contributed by atoms with Crippen LogP contribution in [0.2, 0.25) is 0 Å². The second-order valence-corrected chi connectivity index (χ2v) is 6.88. The summed E-state index contributed by atoms with van der Waals surface area (Å²) in [6, 6.07) is 5.91. The largest absolute Gasteiger partial charge is 0.483 e. The van der Waals surface area contributed by atoms with E-state index in [0.29, 0.717) is 26.2 Å². The Kier molecular flexibility index (Phi) is 5.27. The minimum absolute atomic E-state index is 0.0165. The van der Waals surface area contributed by atoms with E-state index in [1.54, 1.807) is 11.8 Å². The maximum Gasteiger partial charge on any atom is 0.260 e. The highest BCUT2D eigenvalue weighted by molar-refractivity contribution is 5.78. The van der Waals surface area contributed by atoms with Crippen molar-refractivity contribution < 1.29 is 19.1 Å². The second kappa shape index (κ2) is 7.44. The summed E-state index contributed by atoms with van der Waals surface area (Å²) in [6.07, 6.45) is 0.783. The fraction of sp³-hybridized carbons (Fsp3) is 0.579. The normalized spacial score (nSPS) is 23.2.